The summed E-state index contributed by atoms with van der Waals surface area (Å²) < 4.78 is 0. The highest BCUT2D eigenvalue weighted by molar-refractivity contribution is 5.54. The maximum Gasteiger partial charge on any atom is 0.0886 e. The van der Waals surface area contributed by atoms with E-state index < -0.39 is 0 Å². The fraction of sp³-hybridized carbons (Fsp3) is 0.167. The minimum atomic E-state index is 0.280. The topological polar surface area (TPSA) is 123 Å². The van der Waals surface area contributed by atoms with E-state index >= 15 is 0 Å². The van der Waals surface area contributed by atoms with E-state index in [-0.39, 0.29) is 13.1 Å². The van der Waals surface area contributed by atoms with Crippen LogP contribution in [0.3, 0.4) is 0 Å². The van der Waals surface area contributed by atoms with Gasteiger partial charge in [-0.2, -0.15) is 0 Å². The standard InChI is InChI=1S/C12H10N8/c13-19-17-7-9-1-3-11(15-5-9)12-4-2-10(6-16-12)8-18-20-14/h1-6H,7-8H2. The van der Waals surface area contributed by atoms with Gasteiger partial charge >= 0.3 is 0 Å². The van der Waals surface area contributed by atoms with Crippen LogP contribution in [0.1, 0.15) is 11.1 Å². The fourth-order valence-corrected chi connectivity index (χ4v) is 1.57. The van der Waals surface area contributed by atoms with Crippen molar-refractivity contribution in [2.45, 2.75) is 13.1 Å². The first-order chi connectivity index (χ1) is 9.83. The lowest BCUT2D eigenvalue weighted by molar-refractivity contribution is 1.02. The molecule has 0 aliphatic carbocycles. The Hall–Kier alpha value is -3.08. The van der Waals surface area contributed by atoms with Gasteiger partial charge in [-0.1, -0.05) is 22.4 Å². The SMILES string of the molecule is [N-]=[N+]=NCc1ccc(-c2ccc(CN=[N+]=[N-])cn2)nc1. The van der Waals surface area contributed by atoms with Gasteiger partial charge in [0.25, 0.3) is 0 Å². The molecule has 0 bridgehead atoms. The minimum absolute atomic E-state index is 0.280. The third kappa shape index (κ3) is 3.46. The molecule has 0 aromatic carbocycles. The van der Waals surface area contributed by atoms with Crippen LogP contribution in [-0.2, 0) is 13.1 Å². The zero-order valence-electron chi connectivity index (χ0n) is 10.5. The number of rotatable bonds is 5. The van der Waals surface area contributed by atoms with Gasteiger partial charge in [0.15, 0.2) is 0 Å². The zero-order valence-corrected chi connectivity index (χ0v) is 10.5. The van der Waals surface area contributed by atoms with Crippen LogP contribution in [0.5, 0.6) is 0 Å². The Labute approximate surface area is 114 Å². The maximum atomic E-state index is 8.25. The third-order valence-electron chi connectivity index (χ3n) is 2.54. The van der Waals surface area contributed by atoms with Gasteiger partial charge in [0.1, 0.15) is 0 Å². The Kier molecular flexibility index (Phi) is 4.50. The predicted molar refractivity (Wildman–Crippen MR) is 73.2 cm³/mol. The van der Waals surface area contributed by atoms with E-state index in [0.717, 1.165) is 22.5 Å². The molecule has 0 spiro atoms. The van der Waals surface area contributed by atoms with E-state index in [1.165, 1.54) is 0 Å². The highest BCUT2D eigenvalue weighted by atomic mass is 15.1. The van der Waals surface area contributed by atoms with Crippen LogP contribution in [0, 0.1) is 0 Å². The molecular weight excluding hydrogens is 256 g/mol. The van der Waals surface area contributed by atoms with E-state index in [9.17, 15) is 0 Å². The summed E-state index contributed by atoms with van der Waals surface area (Å²) in [6.45, 7) is 0.560. The van der Waals surface area contributed by atoms with Crippen molar-refractivity contribution in [2.24, 2.45) is 10.2 Å². The fourth-order valence-electron chi connectivity index (χ4n) is 1.57. The van der Waals surface area contributed by atoms with E-state index in [1.54, 1.807) is 12.4 Å². The quantitative estimate of drug-likeness (QED) is 0.464. The lowest BCUT2D eigenvalue weighted by atomic mass is 10.2. The van der Waals surface area contributed by atoms with E-state index in [1.807, 2.05) is 24.3 Å². The summed E-state index contributed by atoms with van der Waals surface area (Å²) in [4.78, 5) is 13.9. The molecule has 0 amide bonds. The van der Waals surface area contributed by atoms with Crippen molar-refractivity contribution < 1.29 is 0 Å². The van der Waals surface area contributed by atoms with Gasteiger partial charge in [0.2, 0.25) is 0 Å². The van der Waals surface area contributed by atoms with Gasteiger partial charge in [0, 0.05) is 22.2 Å². The van der Waals surface area contributed by atoms with Gasteiger partial charge in [-0.15, -0.1) is 0 Å². The first kappa shape index (κ1) is 13.4. The summed E-state index contributed by atoms with van der Waals surface area (Å²) >= 11 is 0. The summed E-state index contributed by atoms with van der Waals surface area (Å²) in [5.41, 5.74) is 19.6. The van der Waals surface area contributed by atoms with E-state index in [2.05, 4.69) is 30.0 Å². The molecule has 98 valence electrons. The largest absolute Gasteiger partial charge is 0.254 e. The van der Waals surface area contributed by atoms with E-state index in [0.29, 0.717) is 0 Å². The van der Waals surface area contributed by atoms with Gasteiger partial charge < -0.3 is 0 Å². The Morgan fingerprint density at radius 2 is 1.25 bits per heavy atom. The third-order valence-corrected chi connectivity index (χ3v) is 2.54. The molecule has 0 unspecified atom stereocenters. The van der Waals surface area contributed by atoms with Gasteiger partial charge in [-0.25, -0.2) is 0 Å². The second kappa shape index (κ2) is 6.75. The van der Waals surface area contributed by atoms with Crippen LogP contribution >= 0.6 is 0 Å². The molecule has 8 nitrogen and oxygen atoms in total. The summed E-state index contributed by atoms with van der Waals surface area (Å²) in [5.74, 6) is 0. The van der Waals surface area contributed by atoms with Crippen molar-refractivity contribution in [3.63, 3.8) is 0 Å². The summed E-state index contributed by atoms with van der Waals surface area (Å²) in [6.07, 6.45) is 3.30. The summed E-state index contributed by atoms with van der Waals surface area (Å²) in [7, 11) is 0. The zero-order chi connectivity index (χ0) is 14.2. The molecule has 0 aliphatic rings. The molecule has 0 atom stereocenters. The molecule has 2 aromatic heterocycles. The number of hydrogen-bond acceptors (Lipinski definition) is 4. The summed E-state index contributed by atoms with van der Waals surface area (Å²) in [5, 5.41) is 6.94. The second-order valence-electron chi connectivity index (χ2n) is 3.88. The molecule has 0 radical (unpaired) electrons. The Morgan fingerprint density at radius 1 is 0.800 bits per heavy atom. The number of hydrogen-bond donors (Lipinski definition) is 0. The van der Waals surface area contributed by atoms with Gasteiger partial charge in [0.05, 0.1) is 24.5 Å². The van der Waals surface area contributed by atoms with Crippen LogP contribution in [0.25, 0.3) is 32.3 Å². The average Bonchev–Trinajstić information content (AvgIpc) is 2.52. The summed E-state index contributed by atoms with van der Waals surface area (Å²) in [6, 6.07) is 7.31. The number of aromatic nitrogens is 2. The molecule has 8 heteroatoms. The van der Waals surface area contributed by atoms with Crippen molar-refractivity contribution >= 4 is 0 Å². The van der Waals surface area contributed by atoms with Crippen molar-refractivity contribution in [3.05, 3.63) is 68.7 Å². The molecule has 0 aliphatic heterocycles. The molecule has 0 saturated carbocycles. The lowest BCUT2D eigenvalue weighted by Gasteiger charge is -2.02. The Bertz CT molecular complexity index is 602. The monoisotopic (exact) mass is 266 g/mol. The minimum Gasteiger partial charge on any atom is -0.254 e. The molecule has 2 aromatic rings. The maximum absolute atomic E-state index is 8.25. The molecule has 0 saturated heterocycles. The number of pyridine rings is 2. The van der Waals surface area contributed by atoms with Crippen molar-refractivity contribution in [3.8, 4) is 11.4 Å². The Morgan fingerprint density at radius 3 is 1.55 bits per heavy atom. The van der Waals surface area contributed by atoms with Crippen molar-refractivity contribution in [2.75, 3.05) is 0 Å². The molecular formula is C12H10N8. The molecule has 2 heterocycles. The smallest absolute Gasteiger partial charge is 0.0886 e. The van der Waals surface area contributed by atoms with Gasteiger partial charge in [-0.3, -0.25) is 9.97 Å². The van der Waals surface area contributed by atoms with Crippen LogP contribution in [-0.4, -0.2) is 9.97 Å². The molecule has 2 rings (SSSR count). The normalized spacial score (nSPS) is 9.40. The number of nitrogens with zero attached hydrogens (tertiary/aromatic N) is 8. The van der Waals surface area contributed by atoms with Crippen LogP contribution in [0.2, 0.25) is 0 Å². The molecule has 0 fully saturated rings. The number of azide groups is 2. The molecule has 20 heavy (non-hydrogen) atoms. The first-order valence-electron chi connectivity index (χ1n) is 5.75. The Balaban J connectivity index is 2.14. The van der Waals surface area contributed by atoms with Crippen molar-refractivity contribution in [1.82, 2.24) is 9.97 Å². The average molecular weight is 266 g/mol. The predicted octanol–water partition coefficient (Wildman–Crippen LogP) is 3.76. The highest BCUT2D eigenvalue weighted by Crippen LogP contribution is 2.15. The van der Waals surface area contributed by atoms with Crippen molar-refractivity contribution in [1.29, 1.82) is 0 Å². The molecule has 0 N–H and O–H groups in total. The first-order valence-corrected chi connectivity index (χ1v) is 5.75. The van der Waals surface area contributed by atoms with Gasteiger partial charge in [-0.05, 0) is 34.3 Å². The second-order valence-corrected chi connectivity index (χ2v) is 3.88. The van der Waals surface area contributed by atoms with E-state index in [4.69, 9.17) is 11.1 Å². The lowest BCUT2D eigenvalue weighted by Crippen LogP contribution is -1.90. The van der Waals surface area contributed by atoms with Crippen LogP contribution < -0.4 is 0 Å². The highest BCUT2D eigenvalue weighted by Gasteiger charge is 2.01. The van der Waals surface area contributed by atoms with Crippen LogP contribution in [0.4, 0.5) is 0 Å². The van der Waals surface area contributed by atoms with Crippen LogP contribution in [0.15, 0.2) is 46.9 Å².